The molecule has 2 saturated heterocycles. The zero-order chi connectivity index (χ0) is 21.4. The molecule has 2 fully saturated rings. The number of hydrogen-bond donors (Lipinski definition) is 1. The number of nitrogens with zero attached hydrogens (tertiary/aromatic N) is 3. The fourth-order valence-electron chi connectivity index (χ4n) is 3.98. The number of anilines is 1. The number of amidine groups is 1. The number of aliphatic imine (C=N–C) groups is 1. The third-order valence-electron chi connectivity index (χ3n) is 5.67. The molecule has 0 radical (unpaired) electrons. The van der Waals surface area contributed by atoms with E-state index in [-0.39, 0.29) is 0 Å². The van der Waals surface area contributed by atoms with Crippen molar-refractivity contribution in [2.75, 3.05) is 30.4 Å². The number of nitrogens with one attached hydrogen (secondary N) is 1. The van der Waals surface area contributed by atoms with E-state index < -0.39 is 9.84 Å². The summed E-state index contributed by atoms with van der Waals surface area (Å²) < 4.78 is 24.4. The van der Waals surface area contributed by atoms with Crippen molar-refractivity contribution in [1.82, 2.24) is 9.88 Å². The Morgan fingerprint density at radius 1 is 1.23 bits per heavy atom. The number of rotatable bonds is 6. The van der Waals surface area contributed by atoms with Crippen molar-refractivity contribution in [3.05, 3.63) is 48.0 Å². The van der Waals surface area contributed by atoms with Crippen LogP contribution in [-0.4, -0.2) is 54.6 Å². The lowest BCUT2D eigenvalue weighted by Crippen LogP contribution is -2.27. The van der Waals surface area contributed by atoms with E-state index in [9.17, 15) is 8.42 Å². The van der Waals surface area contributed by atoms with Crippen LogP contribution in [-0.2, 0) is 16.3 Å². The van der Waals surface area contributed by atoms with Crippen LogP contribution in [0.25, 0.3) is 10.2 Å². The zero-order valence-corrected chi connectivity index (χ0v) is 19.7. The number of benzene rings is 2. The zero-order valence-electron chi connectivity index (χ0n) is 17.2. The van der Waals surface area contributed by atoms with Gasteiger partial charge in [0.15, 0.2) is 20.1 Å². The summed E-state index contributed by atoms with van der Waals surface area (Å²) in [6.07, 6.45) is 4.68. The minimum atomic E-state index is -3.21. The molecule has 1 atom stereocenters. The van der Waals surface area contributed by atoms with Gasteiger partial charge < -0.3 is 10.2 Å². The molecule has 2 aliphatic heterocycles. The standard InChI is InChI=1S/C22H24N4O2S3/c1-31(27,28)18-8-9-19-20(13-18)30-21(25-19)23-11-10-15-4-6-16(7-5-15)24-22-26-12-2-3-17(26)14-29-22/h4-9,13,17H,2-3,10-12,14H2,1H3,(H,23,25)/b24-22-/t17-/m0/s1. The highest BCUT2D eigenvalue weighted by Crippen LogP contribution is 2.33. The highest BCUT2D eigenvalue weighted by molar-refractivity contribution is 8.14. The van der Waals surface area contributed by atoms with Gasteiger partial charge in [0.1, 0.15) is 0 Å². The summed E-state index contributed by atoms with van der Waals surface area (Å²) in [5.41, 5.74) is 3.07. The molecular weight excluding hydrogens is 448 g/mol. The lowest BCUT2D eigenvalue weighted by atomic mass is 10.1. The van der Waals surface area contributed by atoms with E-state index in [4.69, 9.17) is 4.99 Å². The van der Waals surface area contributed by atoms with Gasteiger partial charge in [-0.2, -0.15) is 0 Å². The minimum Gasteiger partial charge on any atom is -0.361 e. The highest BCUT2D eigenvalue weighted by Gasteiger charge is 2.33. The Morgan fingerprint density at radius 3 is 2.87 bits per heavy atom. The summed E-state index contributed by atoms with van der Waals surface area (Å²) in [6.45, 7) is 1.90. The summed E-state index contributed by atoms with van der Waals surface area (Å²) in [6, 6.07) is 14.2. The lowest BCUT2D eigenvalue weighted by Gasteiger charge is -2.16. The maximum atomic E-state index is 11.7. The topological polar surface area (TPSA) is 74.7 Å². The summed E-state index contributed by atoms with van der Waals surface area (Å²) >= 11 is 3.35. The first-order valence-electron chi connectivity index (χ1n) is 10.4. The molecule has 0 amide bonds. The van der Waals surface area contributed by atoms with E-state index in [0.29, 0.717) is 10.9 Å². The van der Waals surface area contributed by atoms with Gasteiger partial charge in [-0.3, -0.25) is 0 Å². The number of aromatic nitrogens is 1. The molecule has 6 nitrogen and oxygen atoms in total. The predicted octanol–water partition coefficient (Wildman–Crippen LogP) is 4.55. The number of hydrogen-bond acceptors (Lipinski definition) is 7. The van der Waals surface area contributed by atoms with Gasteiger partial charge >= 0.3 is 0 Å². The molecule has 9 heteroatoms. The van der Waals surface area contributed by atoms with E-state index in [1.54, 1.807) is 18.2 Å². The first-order chi connectivity index (χ1) is 15.0. The molecule has 2 aliphatic rings. The SMILES string of the molecule is CS(=O)(=O)c1ccc2nc(NCCc3ccc(/N=C4\SC[C@@H]5CCCN45)cc3)sc2c1. The van der Waals surface area contributed by atoms with E-state index in [1.165, 1.54) is 46.9 Å². The van der Waals surface area contributed by atoms with Gasteiger partial charge in [0, 0.05) is 31.1 Å². The van der Waals surface area contributed by atoms with Crippen molar-refractivity contribution in [2.45, 2.75) is 30.2 Å². The van der Waals surface area contributed by atoms with Crippen LogP contribution in [0.5, 0.6) is 0 Å². The first kappa shape index (κ1) is 20.8. The summed E-state index contributed by atoms with van der Waals surface area (Å²) in [5, 5.41) is 5.34. The third kappa shape index (κ3) is 4.58. The molecule has 1 N–H and O–H groups in total. The molecule has 0 unspecified atom stereocenters. The van der Waals surface area contributed by atoms with Crippen LogP contribution < -0.4 is 5.32 Å². The molecule has 3 aromatic rings. The van der Waals surface area contributed by atoms with Crippen molar-refractivity contribution in [3.63, 3.8) is 0 Å². The Balaban J connectivity index is 1.19. The average Bonchev–Trinajstić information content (AvgIpc) is 3.45. The van der Waals surface area contributed by atoms with Crippen LogP contribution in [0.2, 0.25) is 0 Å². The van der Waals surface area contributed by atoms with Crippen LogP contribution in [0.15, 0.2) is 52.4 Å². The van der Waals surface area contributed by atoms with Crippen LogP contribution in [0, 0.1) is 0 Å². The number of fused-ring (bicyclic) bond motifs is 2. The minimum absolute atomic E-state index is 0.329. The summed E-state index contributed by atoms with van der Waals surface area (Å²) in [5.74, 6) is 1.17. The molecule has 162 valence electrons. The van der Waals surface area contributed by atoms with Gasteiger partial charge in [0.25, 0.3) is 0 Å². The van der Waals surface area contributed by atoms with E-state index in [1.807, 2.05) is 11.8 Å². The second-order valence-electron chi connectivity index (χ2n) is 7.96. The largest absolute Gasteiger partial charge is 0.361 e. The molecule has 0 bridgehead atoms. The molecular formula is C22H24N4O2S3. The van der Waals surface area contributed by atoms with E-state index >= 15 is 0 Å². The number of sulfone groups is 1. The Morgan fingerprint density at radius 2 is 2.06 bits per heavy atom. The van der Waals surface area contributed by atoms with Gasteiger partial charge in [-0.05, 0) is 55.2 Å². The van der Waals surface area contributed by atoms with Crippen molar-refractivity contribution in [1.29, 1.82) is 0 Å². The Labute approximate surface area is 190 Å². The monoisotopic (exact) mass is 472 g/mol. The normalized spacial score (nSPS) is 20.0. The fourth-order valence-corrected chi connectivity index (χ4v) is 6.90. The fraction of sp³-hybridized carbons (Fsp3) is 0.364. The third-order valence-corrected chi connectivity index (χ3v) is 8.89. The number of thioether (sulfide) groups is 1. The number of thiazole rings is 1. The van der Waals surface area contributed by atoms with Crippen LogP contribution in [0.3, 0.4) is 0 Å². The van der Waals surface area contributed by atoms with Crippen molar-refractivity contribution in [3.8, 4) is 0 Å². The smallest absolute Gasteiger partial charge is 0.183 e. The van der Waals surface area contributed by atoms with Crippen LogP contribution >= 0.6 is 23.1 Å². The predicted molar refractivity (Wildman–Crippen MR) is 131 cm³/mol. The molecule has 2 aromatic carbocycles. The highest BCUT2D eigenvalue weighted by atomic mass is 32.2. The Bertz CT molecular complexity index is 1240. The van der Waals surface area contributed by atoms with Crippen LogP contribution in [0.4, 0.5) is 10.8 Å². The van der Waals surface area contributed by atoms with Gasteiger partial charge in [-0.15, -0.1) is 0 Å². The van der Waals surface area contributed by atoms with E-state index in [0.717, 1.165) is 40.5 Å². The van der Waals surface area contributed by atoms with Crippen molar-refractivity contribution < 1.29 is 8.42 Å². The van der Waals surface area contributed by atoms with E-state index in [2.05, 4.69) is 39.5 Å². The second-order valence-corrected chi connectivity index (χ2v) is 12.0. The average molecular weight is 473 g/mol. The second kappa shape index (κ2) is 8.44. The summed E-state index contributed by atoms with van der Waals surface area (Å²) in [4.78, 5) is 12.2. The van der Waals surface area contributed by atoms with Gasteiger partial charge in [-0.25, -0.2) is 18.4 Å². The maximum Gasteiger partial charge on any atom is 0.183 e. The molecule has 0 saturated carbocycles. The van der Waals surface area contributed by atoms with Crippen molar-refractivity contribution >= 4 is 59.1 Å². The summed E-state index contributed by atoms with van der Waals surface area (Å²) in [7, 11) is -3.21. The molecule has 31 heavy (non-hydrogen) atoms. The molecule has 0 spiro atoms. The molecule has 0 aliphatic carbocycles. The maximum absolute atomic E-state index is 11.7. The molecule has 5 rings (SSSR count). The Hall–Kier alpha value is -2.10. The van der Waals surface area contributed by atoms with Crippen LogP contribution in [0.1, 0.15) is 18.4 Å². The Kier molecular flexibility index (Phi) is 5.66. The lowest BCUT2D eigenvalue weighted by molar-refractivity contribution is 0.440. The molecule has 3 heterocycles. The molecule has 1 aromatic heterocycles. The first-order valence-corrected chi connectivity index (χ1v) is 14.1. The van der Waals surface area contributed by atoms with Gasteiger partial charge in [0.2, 0.25) is 0 Å². The van der Waals surface area contributed by atoms with Gasteiger partial charge in [0.05, 0.1) is 20.8 Å². The van der Waals surface area contributed by atoms with Gasteiger partial charge in [-0.1, -0.05) is 35.2 Å². The van der Waals surface area contributed by atoms with Crippen molar-refractivity contribution in [2.24, 2.45) is 4.99 Å². The quantitative estimate of drug-likeness (QED) is 0.567.